The van der Waals surface area contributed by atoms with Crippen LogP contribution in [-0.2, 0) is 16.7 Å². The number of benzene rings is 3. The summed E-state index contributed by atoms with van der Waals surface area (Å²) < 4.78 is 45.4. The molecule has 4 nitrogen and oxygen atoms in total. The van der Waals surface area contributed by atoms with Crippen LogP contribution in [0.15, 0.2) is 70.0 Å². The molecule has 0 aliphatic carbocycles. The number of rotatable bonds is 7. The van der Waals surface area contributed by atoms with E-state index in [4.69, 9.17) is 9.84 Å². The second-order valence-corrected chi connectivity index (χ2v) is 9.82. The predicted octanol–water partition coefficient (Wildman–Crippen LogP) is 7.50. The Hall–Kier alpha value is -2.56. The zero-order chi connectivity index (χ0) is 23.6. The number of carboxylic acids is 1. The van der Waals surface area contributed by atoms with Gasteiger partial charge < -0.3 is 9.84 Å². The maximum atomic E-state index is 12.8. The fourth-order valence-corrected chi connectivity index (χ4v) is 5.78. The van der Waals surface area contributed by atoms with E-state index < -0.39 is 24.3 Å². The Morgan fingerprint density at radius 2 is 1.88 bits per heavy atom. The summed E-state index contributed by atoms with van der Waals surface area (Å²) in [6.45, 7) is -0.417. The van der Waals surface area contributed by atoms with Crippen LogP contribution in [0.3, 0.4) is 0 Å². The summed E-state index contributed by atoms with van der Waals surface area (Å²) in [6, 6.07) is 16.3. The Morgan fingerprint density at radius 3 is 2.55 bits per heavy atom. The van der Waals surface area contributed by atoms with Gasteiger partial charge >= 0.3 is 12.1 Å². The van der Waals surface area contributed by atoms with Crippen molar-refractivity contribution in [1.82, 2.24) is 4.98 Å². The normalized spacial score (nSPS) is 11.6. The maximum absolute atomic E-state index is 12.8. The van der Waals surface area contributed by atoms with Gasteiger partial charge in [-0.2, -0.15) is 13.2 Å². The van der Waals surface area contributed by atoms with E-state index in [1.165, 1.54) is 23.5 Å². The van der Waals surface area contributed by atoms with Crippen molar-refractivity contribution in [2.24, 2.45) is 0 Å². The Morgan fingerprint density at radius 1 is 1.12 bits per heavy atom. The first-order valence-corrected chi connectivity index (χ1v) is 12.1. The number of thiazole rings is 1. The van der Waals surface area contributed by atoms with Crippen LogP contribution >= 0.6 is 39.0 Å². The molecule has 0 aliphatic rings. The number of halogens is 4. The molecule has 4 aromatic rings. The van der Waals surface area contributed by atoms with Gasteiger partial charge in [0, 0.05) is 16.2 Å². The summed E-state index contributed by atoms with van der Waals surface area (Å²) in [7, 11) is 0. The SMILES string of the molecule is O=C(O)COc1ccc(SCc2cccc3nc(-c4ccc(C(F)(F)F)cc4)sc23)cc1Br. The molecule has 0 saturated heterocycles. The molecule has 170 valence electrons. The molecular weight excluding hydrogens is 539 g/mol. The first kappa shape index (κ1) is 23.6. The highest BCUT2D eigenvalue weighted by molar-refractivity contribution is 9.10. The second-order valence-electron chi connectivity index (χ2n) is 6.92. The third-order valence-corrected chi connectivity index (χ3v) is 7.46. The number of thioether (sulfide) groups is 1. The van der Waals surface area contributed by atoms with Crippen LogP contribution in [-0.4, -0.2) is 22.7 Å². The van der Waals surface area contributed by atoms with Crippen molar-refractivity contribution in [3.05, 3.63) is 76.3 Å². The highest BCUT2D eigenvalue weighted by atomic mass is 79.9. The summed E-state index contributed by atoms with van der Waals surface area (Å²) in [6.07, 6.45) is -4.37. The number of fused-ring (bicyclic) bond motifs is 1. The van der Waals surface area contributed by atoms with Gasteiger partial charge in [-0.05, 0) is 57.9 Å². The van der Waals surface area contributed by atoms with Gasteiger partial charge in [-0.25, -0.2) is 9.78 Å². The van der Waals surface area contributed by atoms with E-state index >= 15 is 0 Å². The highest BCUT2D eigenvalue weighted by Crippen LogP contribution is 2.37. The van der Waals surface area contributed by atoms with Gasteiger partial charge in [0.15, 0.2) is 6.61 Å². The number of aliphatic carboxylic acids is 1. The van der Waals surface area contributed by atoms with Crippen LogP contribution in [0.5, 0.6) is 5.75 Å². The van der Waals surface area contributed by atoms with Gasteiger partial charge in [0.25, 0.3) is 0 Å². The zero-order valence-corrected chi connectivity index (χ0v) is 19.9. The third kappa shape index (κ3) is 5.69. The lowest BCUT2D eigenvalue weighted by Crippen LogP contribution is -2.09. The van der Waals surface area contributed by atoms with E-state index in [-0.39, 0.29) is 0 Å². The molecule has 0 atom stereocenters. The van der Waals surface area contributed by atoms with Crippen LogP contribution in [0.1, 0.15) is 11.1 Å². The largest absolute Gasteiger partial charge is 0.481 e. The molecule has 0 amide bonds. The number of aromatic nitrogens is 1. The Kier molecular flexibility index (Phi) is 6.96. The second kappa shape index (κ2) is 9.74. The van der Waals surface area contributed by atoms with E-state index in [9.17, 15) is 18.0 Å². The lowest BCUT2D eigenvalue weighted by Gasteiger charge is -2.08. The van der Waals surface area contributed by atoms with E-state index in [0.29, 0.717) is 26.5 Å². The van der Waals surface area contributed by atoms with Gasteiger partial charge in [-0.1, -0.05) is 24.3 Å². The van der Waals surface area contributed by atoms with Gasteiger partial charge in [-0.15, -0.1) is 23.1 Å². The van der Waals surface area contributed by atoms with Crippen molar-refractivity contribution in [2.75, 3.05) is 6.61 Å². The maximum Gasteiger partial charge on any atom is 0.416 e. The Bertz CT molecular complexity index is 1310. The molecule has 0 spiro atoms. The van der Waals surface area contributed by atoms with Crippen molar-refractivity contribution in [3.63, 3.8) is 0 Å². The lowest BCUT2D eigenvalue weighted by molar-refractivity contribution is -0.139. The van der Waals surface area contributed by atoms with Crippen LogP contribution in [0, 0.1) is 0 Å². The monoisotopic (exact) mass is 553 g/mol. The average molecular weight is 554 g/mol. The van der Waals surface area contributed by atoms with Crippen molar-refractivity contribution >= 4 is 55.2 Å². The summed E-state index contributed by atoms with van der Waals surface area (Å²) in [5.41, 5.74) is 1.82. The van der Waals surface area contributed by atoms with Crippen LogP contribution in [0.25, 0.3) is 20.8 Å². The predicted molar refractivity (Wildman–Crippen MR) is 127 cm³/mol. The fraction of sp³-hybridized carbons (Fsp3) is 0.130. The molecule has 1 aromatic heterocycles. The van der Waals surface area contributed by atoms with E-state index in [1.807, 2.05) is 30.3 Å². The van der Waals surface area contributed by atoms with E-state index in [2.05, 4.69) is 20.9 Å². The number of hydrogen-bond acceptors (Lipinski definition) is 5. The Labute approximate surface area is 203 Å². The molecule has 1 N–H and O–H groups in total. The number of alkyl halides is 3. The summed E-state index contributed by atoms with van der Waals surface area (Å²) in [4.78, 5) is 16.2. The lowest BCUT2D eigenvalue weighted by atomic mass is 10.1. The summed E-state index contributed by atoms with van der Waals surface area (Å²) >= 11 is 6.45. The number of ether oxygens (including phenoxy) is 1. The molecule has 0 saturated carbocycles. The zero-order valence-electron chi connectivity index (χ0n) is 16.7. The molecule has 0 unspecified atom stereocenters. The summed E-state index contributed by atoms with van der Waals surface area (Å²) in [5, 5.41) is 9.41. The minimum Gasteiger partial charge on any atom is -0.481 e. The van der Waals surface area contributed by atoms with Gasteiger partial charge in [-0.3, -0.25) is 0 Å². The van der Waals surface area contributed by atoms with Gasteiger partial charge in [0.05, 0.1) is 20.3 Å². The molecule has 4 rings (SSSR count). The molecule has 10 heteroatoms. The minimum atomic E-state index is -4.37. The van der Waals surface area contributed by atoms with Crippen LogP contribution in [0.4, 0.5) is 13.2 Å². The Balaban J connectivity index is 1.52. The molecule has 0 bridgehead atoms. The van der Waals surface area contributed by atoms with Crippen LogP contribution < -0.4 is 4.74 Å². The van der Waals surface area contributed by atoms with E-state index in [1.54, 1.807) is 17.8 Å². The number of hydrogen-bond donors (Lipinski definition) is 1. The topological polar surface area (TPSA) is 59.4 Å². The van der Waals surface area contributed by atoms with Gasteiger partial charge in [0.1, 0.15) is 10.8 Å². The number of nitrogens with zero attached hydrogens (tertiary/aromatic N) is 1. The van der Waals surface area contributed by atoms with Crippen molar-refractivity contribution < 1.29 is 27.8 Å². The van der Waals surface area contributed by atoms with Crippen molar-refractivity contribution in [2.45, 2.75) is 16.8 Å². The molecular formula is C23H15BrF3NO3S2. The minimum absolute atomic E-state index is 0.417. The van der Waals surface area contributed by atoms with Gasteiger partial charge in [0.2, 0.25) is 0 Å². The first-order chi connectivity index (χ1) is 15.7. The number of carboxylic acid groups (broad SMARTS) is 1. The molecule has 0 aliphatic heterocycles. The van der Waals surface area contributed by atoms with Crippen molar-refractivity contribution in [1.29, 1.82) is 0 Å². The number of carbonyl (C=O) groups is 1. The molecule has 1 heterocycles. The van der Waals surface area contributed by atoms with Crippen molar-refractivity contribution in [3.8, 4) is 16.3 Å². The molecule has 0 radical (unpaired) electrons. The fourth-order valence-electron chi connectivity index (χ4n) is 3.03. The van der Waals surface area contributed by atoms with E-state index in [0.717, 1.165) is 32.8 Å². The molecule has 0 fully saturated rings. The smallest absolute Gasteiger partial charge is 0.416 e. The molecule has 33 heavy (non-hydrogen) atoms. The highest BCUT2D eigenvalue weighted by Gasteiger charge is 2.30. The average Bonchev–Trinajstić information content (AvgIpc) is 3.21. The summed E-state index contributed by atoms with van der Waals surface area (Å²) in [5.74, 6) is 0.0643. The standard InChI is InChI=1S/C23H15BrF3NO3S2/c24-17-10-16(8-9-19(17)31-11-20(29)30)32-12-14-2-1-3-18-21(14)33-22(28-18)13-4-6-15(7-5-13)23(25,26)27/h1-10H,11-12H2,(H,29,30). The third-order valence-electron chi connectivity index (χ3n) is 4.60. The molecule has 3 aromatic carbocycles. The first-order valence-electron chi connectivity index (χ1n) is 9.54. The van der Waals surface area contributed by atoms with Crippen LogP contribution in [0.2, 0.25) is 0 Å². The quantitative estimate of drug-likeness (QED) is 0.240.